The van der Waals surface area contributed by atoms with Crippen LogP contribution < -0.4 is 4.74 Å². The summed E-state index contributed by atoms with van der Waals surface area (Å²) >= 11 is 0. The maximum Gasteiger partial charge on any atom is 0.308 e. The summed E-state index contributed by atoms with van der Waals surface area (Å²) in [5.41, 5.74) is 2.77. The Bertz CT molecular complexity index is 735. The molecule has 1 fully saturated rings. The van der Waals surface area contributed by atoms with Crippen molar-refractivity contribution in [2.45, 2.75) is 66.7 Å². The van der Waals surface area contributed by atoms with Crippen LogP contribution in [0.1, 0.15) is 65.9 Å². The van der Waals surface area contributed by atoms with Gasteiger partial charge in [-0.1, -0.05) is 32.4 Å². The third kappa shape index (κ3) is 3.17. The molecule has 1 saturated carbocycles. The lowest BCUT2D eigenvalue weighted by Gasteiger charge is -2.58. The number of phenolic OH excluding ortho intramolecular Hbond substituents is 1. The summed E-state index contributed by atoms with van der Waals surface area (Å²) in [5.74, 6) is 1.66. The number of hydrogen-bond acceptors (Lipinski definition) is 3. The summed E-state index contributed by atoms with van der Waals surface area (Å²) in [6.45, 7) is 10.9. The van der Waals surface area contributed by atoms with Crippen LogP contribution in [0.15, 0.2) is 29.8 Å². The Morgan fingerprint density at radius 1 is 1.31 bits per heavy atom. The van der Waals surface area contributed by atoms with Crippen LogP contribution in [0.5, 0.6) is 11.5 Å². The Balaban J connectivity index is 1.97. The summed E-state index contributed by atoms with van der Waals surface area (Å²) in [7, 11) is 0. The highest BCUT2D eigenvalue weighted by atomic mass is 16.5. The molecule has 2 aliphatic rings. The summed E-state index contributed by atoms with van der Waals surface area (Å²) in [6.07, 6.45) is 8.04. The molecule has 142 valence electrons. The molecule has 1 aromatic carbocycles. The highest BCUT2D eigenvalue weighted by molar-refractivity contribution is 5.69. The van der Waals surface area contributed by atoms with E-state index >= 15 is 0 Å². The number of fused-ring (bicyclic) bond motifs is 1. The Labute approximate surface area is 157 Å². The number of ether oxygens (including phenoxy) is 1. The second-order valence-corrected chi connectivity index (χ2v) is 8.94. The fourth-order valence-electron chi connectivity index (χ4n) is 5.55. The Morgan fingerprint density at radius 3 is 2.73 bits per heavy atom. The number of benzene rings is 1. The first-order valence-electron chi connectivity index (χ1n) is 9.84. The topological polar surface area (TPSA) is 46.5 Å². The molecule has 1 aromatic rings. The molecule has 0 aliphatic heterocycles. The van der Waals surface area contributed by atoms with Gasteiger partial charge in [0.25, 0.3) is 0 Å². The van der Waals surface area contributed by atoms with E-state index in [1.54, 1.807) is 12.1 Å². The minimum absolute atomic E-state index is 0.106. The van der Waals surface area contributed by atoms with Gasteiger partial charge in [0, 0.05) is 6.92 Å². The average Bonchev–Trinajstić information content (AvgIpc) is 2.56. The SMILES string of the molecule is CC(=O)Oc1ccc(O)c(C[C@]2(C)[C@H](C)CC[C@]3(C)C(C)=CCC[C@H]23)c1. The van der Waals surface area contributed by atoms with Crippen molar-refractivity contribution in [3.63, 3.8) is 0 Å². The Hall–Kier alpha value is -1.77. The highest BCUT2D eigenvalue weighted by Crippen LogP contribution is 2.61. The maximum atomic E-state index is 11.3. The van der Waals surface area contributed by atoms with Crippen molar-refractivity contribution in [1.29, 1.82) is 0 Å². The third-order valence-electron chi connectivity index (χ3n) is 7.48. The van der Waals surface area contributed by atoms with Crippen molar-refractivity contribution in [1.82, 2.24) is 0 Å². The molecule has 1 N–H and O–H groups in total. The zero-order chi connectivity index (χ0) is 19.1. The van der Waals surface area contributed by atoms with Gasteiger partial charge in [0.15, 0.2) is 0 Å². The smallest absolute Gasteiger partial charge is 0.308 e. The van der Waals surface area contributed by atoms with Crippen molar-refractivity contribution in [2.75, 3.05) is 0 Å². The summed E-state index contributed by atoms with van der Waals surface area (Å²) < 4.78 is 5.24. The zero-order valence-electron chi connectivity index (χ0n) is 16.8. The molecule has 0 saturated heterocycles. The van der Waals surface area contributed by atoms with Gasteiger partial charge in [0.05, 0.1) is 0 Å². The van der Waals surface area contributed by atoms with Crippen molar-refractivity contribution >= 4 is 5.97 Å². The van der Waals surface area contributed by atoms with E-state index in [1.165, 1.54) is 31.8 Å². The monoisotopic (exact) mass is 356 g/mol. The van der Waals surface area contributed by atoms with Gasteiger partial charge < -0.3 is 9.84 Å². The predicted octanol–water partition coefficient (Wildman–Crippen LogP) is 5.66. The predicted molar refractivity (Wildman–Crippen MR) is 104 cm³/mol. The van der Waals surface area contributed by atoms with Gasteiger partial charge in [0.1, 0.15) is 11.5 Å². The standard InChI is InChI=1S/C23H32O3/c1-15-7-6-8-21-22(15,4)12-11-16(2)23(21,5)14-18-13-19(26-17(3)24)9-10-20(18)25/h7,9-10,13,16,21,25H,6,8,11-12,14H2,1-5H3/t16-,21+,22-,23-/m1/s1. The lowest BCUT2D eigenvalue weighted by Crippen LogP contribution is -2.50. The van der Waals surface area contributed by atoms with E-state index in [4.69, 9.17) is 4.74 Å². The van der Waals surface area contributed by atoms with E-state index in [1.807, 2.05) is 6.07 Å². The van der Waals surface area contributed by atoms with Crippen LogP contribution in [-0.4, -0.2) is 11.1 Å². The van der Waals surface area contributed by atoms with E-state index in [0.29, 0.717) is 23.3 Å². The normalized spacial score (nSPS) is 34.0. The molecule has 3 heteroatoms. The summed E-state index contributed by atoms with van der Waals surface area (Å²) in [5, 5.41) is 10.5. The molecule has 2 aliphatic carbocycles. The Kier molecular flexibility index (Phi) is 4.94. The van der Waals surface area contributed by atoms with Gasteiger partial charge >= 0.3 is 5.97 Å². The van der Waals surface area contributed by atoms with Gasteiger partial charge in [-0.2, -0.15) is 0 Å². The van der Waals surface area contributed by atoms with Crippen molar-refractivity contribution < 1.29 is 14.6 Å². The van der Waals surface area contributed by atoms with Crippen LogP contribution in [-0.2, 0) is 11.2 Å². The number of phenols is 1. The molecule has 26 heavy (non-hydrogen) atoms. The van der Waals surface area contributed by atoms with Crippen LogP contribution in [0, 0.1) is 22.7 Å². The minimum Gasteiger partial charge on any atom is -0.508 e. The Morgan fingerprint density at radius 2 is 2.04 bits per heavy atom. The van der Waals surface area contributed by atoms with Gasteiger partial charge in [-0.25, -0.2) is 0 Å². The number of esters is 1. The van der Waals surface area contributed by atoms with Crippen LogP contribution in [0.3, 0.4) is 0 Å². The molecule has 0 amide bonds. The average molecular weight is 357 g/mol. The van der Waals surface area contributed by atoms with Crippen molar-refractivity contribution in [3.05, 3.63) is 35.4 Å². The zero-order valence-corrected chi connectivity index (χ0v) is 16.8. The van der Waals surface area contributed by atoms with Gasteiger partial charge in [-0.05, 0) is 85.5 Å². The van der Waals surface area contributed by atoms with Gasteiger partial charge in [0.2, 0.25) is 0 Å². The number of carbonyl (C=O) groups excluding carboxylic acids is 1. The molecule has 0 spiro atoms. The quantitative estimate of drug-likeness (QED) is 0.432. The summed E-state index contributed by atoms with van der Waals surface area (Å²) in [6, 6.07) is 5.15. The van der Waals surface area contributed by atoms with Gasteiger partial charge in [-0.15, -0.1) is 0 Å². The van der Waals surface area contributed by atoms with Crippen molar-refractivity contribution in [3.8, 4) is 11.5 Å². The number of hydrogen-bond donors (Lipinski definition) is 1. The van der Waals surface area contributed by atoms with Crippen LogP contribution in [0.4, 0.5) is 0 Å². The van der Waals surface area contributed by atoms with Crippen molar-refractivity contribution in [2.24, 2.45) is 22.7 Å². The molecule has 0 aromatic heterocycles. The molecule has 0 bridgehead atoms. The molecule has 0 radical (unpaired) electrons. The van der Waals surface area contributed by atoms with E-state index in [2.05, 4.69) is 33.8 Å². The fraction of sp³-hybridized carbons (Fsp3) is 0.609. The third-order valence-corrected chi connectivity index (χ3v) is 7.48. The van der Waals surface area contributed by atoms with E-state index < -0.39 is 0 Å². The first kappa shape index (κ1) is 19.0. The molecule has 3 nitrogen and oxygen atoms in total. The second-order valence-electron chi connectivity index (χ2n) is 8.94. The summed E-state index contributed by atoms with van der Waals surface area (Å²) in [4.78, 5) is 11.3. The molecular weight excluding hydrogens is 324 g/mol. The maximum absolute atomic E-state index is 11.3. The molecule has 0 heterocycles. The largest absolute Gasteiger partial charge is 0.508 e. The van der Waals surface area contributed by atoms with E-state index in [-0.39, 0.29) is 16.8 Å². The van der Waals surface area contributed by atoms with Crippen LogP contribution >= 0.6 is 0 Å². The second kappa shape index (κ2) is 6.75. The molecule has 3 rings (SSSR count). The molecule has 4 atom stereocenters. The van der Waals surface area contributed by atoms with Gasteiger partial charge in [-0.3, -0.25) is 4.79 Å². The number of allylic oxidation sites excluding steroid dienone is 2. The lowest BCUT2D eigenvalue weighted by atomic mass is 9.47. The van der Waals surface area contributed by atoms with Crippen LogP contribution in [0.25, 0.3) is 0 Å². The number of aromatic hydroxyl groups is 1. The number of rotatable bonds is 3. The lowest BCUT2D eigenvalue weighted by molar-refractivity contribution is -0.131. The highest BCUT2D eigenvalue weighted by Gasteiger charge is 2.53. The van der Waals surface area contributed by atoms with E-state index in [9.17, 15) is 9.90 Å². The first-order chi connectivity index (χ1) is 12.2. The minimum atomic E-state index is -0.334. The molecular formula is C23H32O3. The number of carbonyl (C=O) groups is 1. The van der Waals surface area contributed by atoms with E-state index in [0.717, 1.165) is 18.4 Å². The first-order valence-corrected chi connectivity index (χ1v) is 9.84. The van der Waals surface area contributed by atoms with Crippen LogP contribution in [0.2, 0.25) is 0 Å². The fourth-order valence-corrected chi connectivity index (χ4v) is 5.55. The molecule has 0 unspecified atom stereocenters.